The summed E-state index contributed by atoms with van der Waals surface area (Å²) in [5.41, 5.74) is 7.94. The third-order valence-corrected chi connectivity index (χ3v) is 4.22. The van der Waals surface area contributed by atoms with Crippen LogP contribution in [0.3, 0.4) is 0 Å². The molecule has 0 fully saturated rings. The number of sulfonamides is 1. The van der Waals surface area contributed by atoms with Crippen LogP contribution in [0.1, 0.15) is 18.2 Å². The van der Waals surface area contributed by atoms with E-state index in [2.05, 4.69) is 14.9 Å². The van der Waals surface area contributed by atoms with Crippen molar-refractivity contribution in [2.24, 2.45) is 0 Å². The maximum atomic E-state index is 12.1. The fourth-order valence-electron chi connectivity index (χ4n) is 1.70. The smallest absolute Gasteiger partial charge is 0.240 e. The first-order valence-electron chi connectivity index (χ1n) is 5.89. The first-order valence-corrected chi connectivity index (χ1v) is 7.37. The molecule has 2 rings (SSSR count). The van der Waals surface area contributed by atoms with E-state index in [1.54, 1.807) is 24.4 Å². The fraction of sp³-hybridized carbons (Fsp3) is 0.250. The quantitative estimate of drug-likeness (QED) is 0.712. The molecule has 0 aliphatic rings. The number of nitrogens with zero attached hydrogens (tertiary/aromatic N) is 1. The Morgan fingerprint density at radius 3 is 2.74 bits per heavy atom. The van der Waals surface area contributed by atoms with Crippen molar-refractivity contribution < 1.29 is 8.42 Å². The van der Waals surface area contributed by atoms with Gasteiger partial charge in [-0.2, -0.15) is 5.10 Å². The average Bonchev–Trinajstić information content (AvgIpc) is 2.89. The second-order valence-electron chi connectivity index (χ2n) is 4.12. The van der Waals surface area contributed by atoms with Crippen molar-refractivity contribution in [3.63, 3.8) is 0 Å². The van der Waals surface area contributed by atoms with E-state index >= 15 is 0 Å². The SMILES string of the molecule is CCc1ccc(S(=O)(=O)NCc2ccn[nH]2)cc1N. The third kappa shape index (κ3) is 3.12. The third-order valence-electron chi connectivity index (χ3n) is 2.82. The van der Waals surface area contributed by atoms with Crippen LogP contribution in [0.2, 0.25) is 0 Å². The van der Waals surface area contributed by atoms with E-state index in [1.807, 2.05) is 6.92 Å². The maximum absolute atomic E-state index is 12.1. The number of aromatic amines is 1. The van der Waals surface area contributed by atoms with Gasteiger partial charge in [0.25, 0.3) is 0 Å². The first kappa shape index (κ1) is 13.6. The molecule has 4 N–H and O–H groups in total. The standard InChI is InChI=1S/C12H16N4O2S/c1-2-9-3-4-11(7-12(9)13)19(17,18)15-8-10-5-6-14-16-10/h3-7,15H,2,8,13H2,1H3,(H,14,16). The highest BCUT2D eigenvalue weighted by Crippen LogP contribution is 2.18. The van der Waals surface area contributed by atoms with Gasteiger partial charge in [0.15, 0.2) is 0 Å². The lowest BCUT2D eigenvalue weighted by Crippen LogP contribution is -2.23. The molecule has 102 valence electrons. The number of hydrogen-bond acceptors (Lipinski definition) is 4. The van der Waals surface area contributed by atoms with E-state index in [4.69, 9.17) is 5.73 Å². The van der Waals surface area contributed by atoms with Gasteiger partial charge in [0.1, 0.15) is 0 Å². The van der Waals surface area contributed by atoms with Crippen LogP contribution < -0.4 is 10.5 Å². The van der Waals surface area contributed by atoms with Gasteiger partial charge in [-0.1, -0.05) is 13.0 Å². The molecular formula is C12H16N4O2S. The topological polar surface area (TPSA) is 101 Å². The molecule has 1 aromatic carbocycles. The Balaban J connectivity index is 2.17. The number of nitrogen functional groups attached to an aromatic ring is 1. The molecule has 0 bridgehead atoms. The van der Waals surface area contributed by atoms with Gasteiger partial charge >= 0.3 is 0 Å². The Kier molecular flexibility index (Phi) is 3.87. The highest BCUT2D eigenvalue weighted by atomic mass is 32.2. The molecule has 0 aliphatic heterocycles. The summed E-state index contributed by atoms with van der Waals surface area (Å²) in [6, 6.07) is 6.48. The van der Waals surface area contributed by atoms with Crippen molar-refractivity contribution in [2.75, 3.05) is 5.73 Å². The summed E-state index contributed by atoms with van der Waals surface area (Å²) >= 11 is 0. The lowest BCUT2D eigenvalue weighted by molar-refractivity contribution is 0.580. The summed E-state index contributed by atoms with van der Waals surface area (Å²) in [7, 11) is -3.56. The number of nitrogens with two attached hydrogens (primary N) is 1. The predicted octanol–water partition coefficient (Wildman–Crippen LogP) is 1.03. The second-order valence-corrected chi connectivity index (χ2v) is 5.89. The Bertz CT molecular complexity index is 650. The number of nitrogens with one attached hydrogen (secondary N) is 2. The zero-order chi connectivity index (χ0) is 13.9. The van der Waals surface area contributed by atoms with Crippen LogP contribution in [-0.4, -0.2) is 18.6 Å². The number of benzene rings is 1. The van der Waals surface area contributed by atoms with Crippen molar-refractivity contribution in [3.05, 3.63) is 41.7 Å². The van der Waals surface area contributed by atoms with Gasteiger partial charge in [-0.05, 0) is 30.2 Å². The van der Waals surface area contributed by atoms with Gasteiger partial charge in [0.05, 0.1) is 17.1 Å². The summed E-state index contributed by atoms with van der Waals surface area (Å²) < 4.78 is 26.6. The Morgan fingerprint density at radius 1 is 1.37 bits per heavy atom. The van der Waals surface area contributed by atoms with Gasteiger partial charge in [-0.3, -0.25) is 5.10 Å². The van der Waals surface area contributed by atoms with Crippen LogP contribution in [0.25, 0.3) is 0 Å². The zero-order valence-electron chi connectivity index (χ0n) is 10.6. The Labute approximate surface area is 112 Å². The molecule has 0 saturated heterocycles. The maximum Gasteiger partial charge on any atom is 0.240 e. The largest absolute Gasteiger partial charge is 0.398 e. The second kappa shape index (κ2) is 5.41. The zero-order valence-corrected chi connectivity index (χ0v) is 11.4. The highest BCUT2D eigenvalue weighted by Gasteiger charge is 2.15. The number of H-pyrrole nitrogens is 1. The minimum atomic E-state index is -3.56. The molecule has 0 radical (unpaired) electrons. The summed E-state index contributed by atoms with van der Waals surface area (Å²) in [6.07, 6.45) is 2.34. The van der Waals surface area contributed by atoms with Crippen LogP contribution >= 0.6 is 0 Å². The molecule has 0 atom stereocenters. The van der Waals surface area contributed by atoms with Crippen molar-refractivity contribution in [3.8, 4) is 0 Å². The number of hydrogen-bond donors (Lipinski definition) is 3. The van der Waals surface area contributed by atoms with E-state index in [-0.39, 0.29) is 11.4 Å². The molecule has 0 saturated carbocycles. The van der Waals surface area contributed by atoms with Crippen molar-refractivity contribution in [2.45, 2.75) is 24.8 Å². The van der Waals surface area contributed by atoms with Gasteiger partial charge in [0.2, 0.25) is 10.0 Å². The van der Waals surface area contributed by atoms with E-state index in [1.165, 1.54) is 6.07 Å². The van der Waals surface area contributed by atoms with Crippen LogP contribution in [0.5, 0.6) is 0 Å². The van der Waals surface area contributed by atoms with Gasteiger partial charge in [-0.25, -0.2) is 13.1 Å². The lowest BCUT2D eigenvalue weighted by Gasteiger charge is -2.08. The summed E-state index contributed by atoms with van der Waals surface area (Å²) in [4.78, 5) is 0.168. The van der Waals surface area contributed by atoms with Gasteiger partial charge < -0.3 is 5.73 Å². The van der Waals surface area contributed by atoms with E-state index in [9.17, 15) is 8.42 Å². The van der Waals surface area contributed by atoms with Gasteiger partial charge in [-0.15, -0.1) is 0 Å². The summed E-state index contributed by atoms with van der Waals surface area (Å²) in [5.74, 6) is 0. The molecule has 19 heavy (non-hydrogen) atoms. The fourth-order valence-corrected chi connectivity index (χ4v) is 2.74. The minimum absolute atomic E-state index is 0.164. The number of anilines is 1. The van der Waals surface area contributed by atoms with Crippen molar-refractivity contribution in [1.82, 2.24) is 14.9 Å². The Hall–Kier alpha value is -1.86. The van der Waals surface area contributed by atoms with E-state index in [0.29, 0.717) is 11.4 Å². The normalized spacial score (nSPS) is 11.6. The number of aryl methyl sites for hydroxylation is 1. The first-order chi connectivity index (χ1) is 9.03. The van der Waals surface area contributed by atoms with E-state index in [0.717, 1.165) is 12.0 Å². The molecule has 0 amide bonds. The number of rotatable bonds is 5. The predicted molar refractivity (Wildman–Crippen MR) is 72.8 cm³/mol. The number of aromatic nitrogens is 2. The minimum Gasteiger partial charge on any atom is -0.398 e. The summed E-state index contributed by atoms with van der Waals surface area (Å²) in [6.45, 7) is 2.13. The van der Waals surface area contributed by atoms with Crippen LogP contribution in [-0.2, 0) is 23.0 Å². The van der Waals surface area contributed by atoms with Crippen LogP contribution in [0, 0.1) is 0 Å². The Morgan fingerprint density at radius 2 is 2.16 bits per heavy atom. The van der Waals surface area contributed by atoms with Crippen LogP contribution in [0.15, 0.2) is 35.4 Å². The molecule has 1 aromatic heterocycles. The van der Waals surface area contributed by atoms with Gasteiger partial charge in [0, 0.05) is 11.9 Å². The monoisotopic (exact) mass is 280 g/mol. The molecule has 7 heteroatoms. The molecule has 1 heterocycles. The van der Waals surface area contributed by atoms with Crippen molar-refractivity contribution >= 4 is 15.7 Å². The molecular weight excluding hydrogens is 264 g/mol. The molecule has 0 spiro atoms. The molecule has 0 unspecified atom stereocenters. The lowest BCUT2D eigenvalue weighted by atomic mass is 10.1. The van der Waals surface area contributed by atoms with Crippen LogP contribution in [0.4, 0.5) is 5.69 Å². The van der Waals surface area contributed by atoms with Crippen molar-refractivity contribution in [1.29, 1.82) is 0 Å². The molecule has 6 nitrogen and oxygen atoms in total. The average molecular weight is 280 g/mol. The molecule has 0 aliphatic carbocycles. The highest BCUT2D eigenvalue weighted by molar-refractivity contribution is 7.89. The summed E-state index contributed by atoms with van der Waals surface area (Å²) in [5, 5.41) is 6.44. The van der Waals surface area contributed by atoms with E-state index < -0.39 is 10.0 Å². The molecule has 2 aromatic rings.